The topological polar surface area (TPSA) is 45.6 Å². The van der Waals surface area contributed by atoms with Gasteiger partial charge >= 0.3 is 0 Å². The Morgan fingerprint density at radius 2 is 2.47 bits per heavy atom. The number of amidine groups is 1. The predicted octanol–water partition coefficient (Wildman–Crippen LogP) is 1.70. The van der Waals surface area contributed by atoms with Crippen LogP contribution >= 0.6 is 11.3 Å². The van der Waals surface area contributed by atoms with Gasteiger partial charge in [0.2, 0.25) is 0 Å². The Morgan fingerprint density at radius 1 is 1.59 bits per heavy atom. The SMILES string of the molecule is CC1CC2=C(C=O)CN=C(c3nccs3)N2C1. The number of aromatic nitrogens is 1. The molecule has 0 amide bonds. The zero-order valence-corrected chi connectivity index (χ0v) is 10.4. The number of rotatable bonds is 2. The number of hydrogen-bond acceptors (Lipinski definition) is 5. The Bertz CT molecular complexity index is 504. The van der Waals surface area contributed by atoms with Crippen LogP contribution in [0.3, 0.4) is 0 Å². The minimum atomic E-state index is 0.497. The third-order valence-corrected chi connectivity index (χ3v) is 3.92. The Hall–Kier alpha value is -1.49. The second-order valence-corrected chi connectivity index (χ2v) is 5.38. The first-order valence-corrected chi connectivity index (χ1v) is 6.56. The van der Waals surface area contributed by atoms with E-state index < -0.39 is 0 Å². The summed E-state index contributed by atoms with van der Waals surface area (Å²) >= 11 is 1.59. The molecule has 0 spiro atoms. The van der Waals surface area contributed by atoms with Crippen LogP contribution < -0.4 is 0 Å². The first-order chi connectivity index (χ1) is 8.29. The molecule has 5 heteroatoms. The first kappa shape index (κ1) is 10.7. The number of nitrogens with zero attached hydrogens (tertiary/aromatic N) is 3. The number of hydrogen-bond donors (Lipinski definition) is 0. The largest absolute Gasteiger partial charge is 0.327 e. The number of aliphatic imine (C=N–C) groups is 1. The van der Waals surface area contributed by atoms with Gasteiger partial charge in [-0.3, -0.25) is 9.79 Å². The summed E-state index contributed by atoms with van der Waals surface area (Å²) in [6.45, 7) is 3.63. The fraction of sp³-hybridized carbons (Fsp3) is 0.417. The number of carbonyl (C=O) groups is 1. The third-order valence-electron chi connectivity index (χ3n) is 3.15. The van der Waals surface area contributed by atoms with E-state index in [4.69, 9.17) is 0 Å². The van der Waals surface area contributed by atoms with Crippen molar-refractivity contribution < 1.29 is 4.79 Å². The zero-order valence-electron chi connectivity index (χ0n) is 9.59. The van der Waals surface area contributed by atoms with Crippen LogP contribution in [0.1, 0.15) is 18.4 Å². The van der Waals surface area contributed by atoms with E-state index in [1.165, 1.54) is 0 Å². The normalized spacial score (nSPS) is 23.7. The zero-order chi connectivity index (χ0) is 11.8. The van der Waals surface area contributed by atoms with E-state index in [0.717, 1.165) is 41.4 Å². The summed E-state index contributed by atoms with van der Waals surface area (Å²) in [6.07, 6.45) is 3.71. The highest BCUT2D eigenvalue weighted by molar-refractivity contribution is 7.11. The van der Waals surface area contributed by atoms with E-state index in [1.807, 2.05) is 5.38 Å². The summed E-state index contributed by atoms with van der Waals surface area (Å²) in [6, 6.07) is 0. The molecule has 1 aromatic rings. The van der Waals surface area contributed by atoms with Crippen molar-refractivity contribution in [3.05, 3.63) is 27.9 Å². The molecule has 0 saturated carbocycles. The lowest BCUT2D eigenvalue weighted by molar-refractivity contribution is -0.105. The Morgan fingerprint density at radius 3 is 3.18 bits per heavy atom. The molecule has 1 unspecified atom stereocenters. The van der Waals surface area contributed by atoms with Gasteiger partial charge in [0.15, 0.2) is 10.8 Å². The van der Waals surface area contributed by atoms with Gasteiger partial charge in [-0.2, -0.15) is 0 Å². The maximum Gasteiger partial charge on any atom is 0.165 e. The molecule has 0 aliphatic carbocycles. The molecule has 0 N–H and O–H groups in total. The van der Waals surface area contributed by atoms with Crippen molar-refractivity contribution in [2.75, 3.05) is 13.1 Å². The first-order valence-electron chi connectivity index (χ1n) is 5.68. The van der Waals surface area contributed by atoms with Crippen LogP contribution in [0, 0.1) is 5.92 Å². The maximum absolute atomic E-state index is 11.0. The highest BCUT2D eigenvalue weighted by atomic mass is 32.1. The van der Waals surface area contributed by atoms with Crippen molar-refractivity contribution in [2.45, 2.75) is 13.3 Å². The molecule has 2 aliphatic heterocycles. The fourth-order valence-corrected chi connectivity index (χ4v) is 3.06. The predicted molar refractivity (Wildman–Crippen MR) is 67.1 cm³/mol. The van der Waals surface area contributed by atoms with E-state index in [-0.39, 0.29) is 0 Å². The number of fused-ring (bicyclic) bond motifs is 1. The quantitative estimate of drug-likeness (QED) is 0.747. The maximum atomic E-state index is 11.0. The summed E-state index contributed by atoms with van der Waals surface area (Å²) in [5.41, 5.74) is 1.97. The standard InChI is InChI=1S/C12H13N3OS/c1-8-4-10-9(7-16)5-14-11(15(10)6-8)12-13-2-3-17-12/h2-3,7-8H,4-6H2,1H3. The molecule has 1 atom stereocenters. The summed E-state index contributed by atoms with van der Waals surface area (Å²) in [7, 11) is 0. The summed E-state index contributed by atoms with van der Waals surface area (Å²) < 4.78 is 0. The summed E-state index contributed by atoms with van der Waals surface area (Å²) in [5, 5.41) is 2.90. The molecule has 1 aromatic heterocycles. The second-order valence-electron chi connectivity index (χ2n) is 4.49. The van der Waals surface area contributed by atoms with Crippen LogP contribution in [0.5, 0.6) is 0 Å². The Balaban J connectivity index is 2.01. The Labute approximate surface area is 104 Å². The van der Waals surface area contributed by atoms with Crippen LogP contribution in [0.2, 0.25) is 0 Å². The van der Waals surface area contributed by atoms with Gasteiger partial charge < -0.3 is 4.90 Å². The number of allylic oxidation sites excluding steroid dienone is 1. The van der Waals surface area contributed by atoms with Crippen LogP contribution in [0.25, 0.3) is 0 Å². The van der Waals surface area contributed by atoms with E-state index in [2.05, 4.69) is 21.8 Å². The van der Waals surface area contributed by atoms with Gasteiger partial charge in [0, 0.05) is 29.4 Å². The molecule has 17 heavy (non-hydrogen) atoms. The summed E-state index contributed by atoms with van der Waals surface area (Å²) in [5.74, 6) is 1.51. The van der Waals surface area contributed by atoms with Gasteiger partial charge in [0.25, 0.3) is 0 Å². The fourth-order valence-electron chi connectivity index (χ4n) is 2.40. The molecule has 2 aliphatic rings. The van der Waals surface area contributed by atoms with E-state index in [0.29, 0.717) is 12.5 Å². The average Bonchev–Trinajstić information content (AvgIpc) is 2.95. The van der Waals surface area contributed by atoms with Gasteiger partial charge in [-0.05, 0) is 12.3 Å². The minimum absolute atomic E-state index is 0.497. The molecule has 0 bridgehead atoms. The van der Waals surface area contributed by atoms with E-state index in [1.54, 1.807) is 17.5 Å². The third kappa shape index (κ3) is 1.70. The van der Waals surface area contributed by atoms with Crippen molar-refractivity contribution in [1.82, 2.24) is 9.88 Å². The van der Waals surface area contributed by atoms with Gasteiger partial charge in [0.1, 0.15) is 6.29 Å². The van der Waals surface area contributed by atoms with Gasteiger partial charge in [-0.25, -0.2) is 4.98 Å². The van der Waals surface area contributed by atoms with Crippen molar-refractivity contribution in [3.8, 4) is 0 Å². The monoisotopic (exact) mass is 247 g/mol. The number of carbonyl (C=O) groups excluding carboxylic acids is 1. The average molecular weight is 247 g/mol. The van der Waals surface area contributed by atoms with Gasteiger partial charge in [0.05, 0.1) is 6.54 Å². The van der Waals surface area contributed by atoms with E-state index >= 15 is 0 Å². The molecule has 3 heterocycles. The van der Waals surface area contributed by atoms with Gasteiger partial charge in [-0.1, -0.05) is 6.92 Å². The molecule has 0 radical (unpaired) electrons. The van der Waals surface area contributed by atoms with Crippen LogP contribution in [-0.4, -0.2) is 35.1 Å². The molecular formula is C12H13N3OS. The van der Waals surface area contributed by atoms with Crippen molar-refractivity contribution >= 4 is 23.5 Å². The smallest absolute Gasteiger partial charge is 0.165 e. The highest BCUT2D eigenvalue weighted by Crippen LogP contribution is 2.33. The highest BCUT2D eigenvalue weighted by Gasteiger charge is 2.33. The van der Waals surface area contributed by atoms with Crippen molar-refractivity contribution in [2.24, 2.45) is 10.9 Å². The minimum Gasteiger partial charge on any atom is -0.327 e. The lowest BCUT2D eigenvalue weighted by Crippen LogP contribution is -2.32. The Kier molecular flexibility index (Phi) is 2.55. The lowest BCUT2D eigenvalue weighted by Gasteiger charge is -2.25. The van der Waals surface area contributed by atoms with E-state index in [9.17, 15) is 4.79 Å². The van der Waals surface area contributed by atoms with Crippen molar-refractivity contribution in [1.29, 1.82) is 0 Å². The molecule has 1 fully saturated rings. The molecule has 0 aromatic carbocycles. The second kappa shape index (κ2) is 4.07. The molecule has 4 nitrogen and oxygen atoms in total. The number of thiazole rings is 1. The number of aldehydes is 1. The molecular weight excluding hydrogens is 234 g/mol. The molecule has 88 valence electrons. The lowest BCUT2D eigenvalue weighted by atomic mass is 10.1. The molecule has 1 saturated heterocycles. The van der Waals surface area contributed by atoms with Crippen LogP contribution in [0.4, 0.5) is 0 Å². The van der Waals surface area contributed by atoms with Crippen LogP contribution in [0.15, 0.2) is 27.8 Å². The molecule has 3 rings (SSSR count). The van der Waals surface area contributed by atoms with Crippen molar-refractivity contribution in [3.63, 3.8) is 0 Å². The van der Waals surface area contributed by atoms with Gasteiger partial charge in [-0.15, -0.1) is 11.3 Å². The summed E-state index contributed by atoms with van der Waals surface area (Å²) in [4.78, 5) is 22.0. The van der Waals surface area contributed by atoms with Crippen LogP contribution in [-0.2, 0) is 4.79 Å².